The van der Waals surface area contributed by atoms with E-state index < -0.39 is 0 Å². The van der Waals surface area contributed by atoms with Crippen molar-refractivity contribution in [2.45, 2.75) is 6.54 Å². The first-order valence-corrected chi connectivity index (χ1v) is 9.06. The van der Waals surface area contributed by atoms with Gasteiger partial charge >= 0.3 is 0 Å². The smallest absolute Gasteiger partial charge is 0.269 e. The van der Waals surface area contributed by atoms with Gasteiger partial charge in [0.05, 0.1) is 26.1 Å². The van der Waals surface area contributed by atoms with Gasteiger partial charge in [0.1, 0.15) is 16.9 Å². The highest BCUT2D eigenvalue weighted by Crippen LogP contribution is 2.27. The van der Waals surface area contributed by atoms with Gasteiger partial charge in [0, 0.05) is 38.4 Å². The lowest BCUT2D eigenvalue weighted by Crippen LogP contribution is -2.37. The number of carbonyl (C=O) groups excluding carboxylic acids is 1. The molecule has 0 saturated carbocycles. The Kier molecular flexibility index (Phi) is 5.13. The van der Waals surface area contributed by atoms with Gasteiger partial charge in [-0.1, -0.05) is 0 Å². The first-order valence-electron chi connectivity index (χ1n) is 9.06. The number of aromatic nitrogens is 5. The average Bonchev–Trinajstić information content (AvgIpc) is 3.16. The highest BCUT2D eigenvalue weighted by atomic mass is 16.5. The van der Waals surface area contributed by atoms with Crippen molar-refractivity contribution in [3.8, 4) is 11.3 Å². The molecular weight excluding hydrogens is 362 g/mol. The van der Waals surface area contributed by atoms with Gasteiger partial charge in [-0.05, 0) is 12.1 Å². The van der Waals surface area contributed by atoms with Crippen molar-refractivity contribution < 1.29 is 14.6 Å². The van der Waals surface area contributed by atoms with Crippen molar-refractivity contribution >= 4 is 23.0 Å². The van der Waals surface area contributed by atoms with Gasteiger partial charge in [-0.25, -0.2) is 9.97 Å². The van der Waals surface area contributed by atoms with E-state index in [1.165, 1.54) is 0 Å². The summed E-state index contributed by atoms with van der Waals surface area (Å²) in [6, 6.07) is 3.45. The topological polar surface area (TPSA) is 118 Å². The fourth-order valence-electron chi connectivity index (χ4n) is 3.11. The van der Waals surface area contributed by atoms with E-state index >= 15 is 0 Å². The number of aliphatic hydroxyl groups is 1. The molecule has 0 spiro atoms. The Labute approximate surface area is 161 Å². The predicted octanol–water partition coefficient (Wildman–Crippen LogP) is 0.0768. The Morgan fingerprint density at radius 1 is 1.25 bits per heavy atom. The maximum Gasteiger partial charge on any atom is 0.269 e. The molecule has 0 aromatic carbocycles. The van der Waals surface area contributed by atoms with Crippen molar-refractivity contribution in [1.82, 2.24) is 29.8 Å². The second-order valence-corrected chi connectivity index (χ2v) is 6.32. The van der Waals surface area contributed by atoms with E-state index in [1.807, 2.05) is 0 Å². The molecular formula is C18H21N7O3. The molecule has 10 heteroatoms. The van der Waals surface area contributed by atoms with Crippen LogP contribution < -0.4 is 10.2 Å². The molecule has 0 unspecified atom stereocenters. The fourth-order valence-corrected chi connectivity index (χ4v) is 3.11. The van der Waals surface area contributed by atoms with E-state index in [0.717, 1.165) is 5.56 Å². The van der Waals surface area contributed by atoms with E-state index in [1.54, 1.807) is 36.3 Å². The monoisotopic (exact) mass is 383 g/mol. The number of ether oxygens (including phenoxy) is 1. The van der Waals surface area contributed by atoms with Gasteiger partial charge in [-0.2, -0.15) is 4.98 Å². The SMILES string of the molecule is CNC(=O)c1ccc(-c2nc(N3CCOCC3)nc3c2ncn3CCO)cn1. The zero-order valence-electron chi connectivity index (χ0n) is 15.5. The summed E-state index contributed by atoms with van der Waals surface area (Å²) >= 11 is 0. The standard InChI is InChI=1S/C18H21N7O3/c1-19-17(27)13-3-2-12(10-20-13)14-15-16(25(4-7-26)11-21-15)23-18(22-14)24-5-8-28-9-6-24/h2-3,10-11,26H,4-9H2,1H3,(H,19,27). The molecule has 1 fully saturated rings. The number of aliphatic hydroxyl groups excluding tert-OH is 1. The van der Waals surface area contributed by atoms with Crippen molar-refractivity contribution in [2.75, 3.05) is 44.9 Å². The second-order valence-electron chi connectivity index (χ2n) is 6.32. The molecule has 0 atom stereocenters. The number of hydrogen-bond donors (Lipinski definition) is 2. The number of amides is 1. The van der Waals surface area contributed by atoms with Crippen molar-refractivity contribution in [3.05, 3.63) is 30.4 Å². The van der Waals surface area contributed by atoms with Crippen molar-refractivity contribution in [1.29, 1.82) is 0 Å². The molecule has 4 heterocycles. The van der Waals surface area contributed by atoms with Gasteiger partial charge in [0.15, 0.2) is 5.65 Å². The van der Waals surface area contributed by atoms with E-state index in [2.05, 4.69) is 25.2 Å². The Bertz CT molecular complexity index is 981. The van der Waals surface area contributed by atoms with Crippen LogP contribution in [0.5, 0.6) is 0 Å². The molecule has 4 rings (SSSR count). The number of morpholine rings is 1. The summed E-state index contributed by atoms with van der Waals surface area (Å²) in [5.74, 6) is 0.335. The predicted molar refractivity (Wildman–Crippen MR) is 102 cm³/mol. The summed E-state index contributed by atoms with van der Waals surface area (Å²) in [6.45, 7) is 3.02. The summed E-state index contributed by atoms with van der Waals surface area (Å²) in [5.41, 5.74) is 2.98. The first-order chi connectivity index (χ1) is 13.7. The quantitative estimate of drug-likeness (QED) is 0.636. The van der Waals surface area contributed by atoms with Gasteiger partial charge < -0.3 is 24.6 Å². The molecule has 1 saturated heterocycles. The Balaban J connectivity index is 1.82. The highest BCUT2D eigenvalue weighted by Gasteiger charge is 2.20. The number of imidazole rings is 1. The van der Waals surface area contributed by atoms with Crippen LogP contribution >= 0.6 is 0 Å². The molecule has 1 aliphatic heterocycles. The highest BCUT2D eigenvalue weighted by molar-refractivity contribution is 5.93. The average molecular weight is 383 g/mol. The van der Waals surface area contributed by atoms with Crippen LogP contribution in [0.1, 0.15) is 10.5 Å². The number of nitrogens with zero attached hydrogens (tertiary/aromatic N) is 6. The number of pyridine rings is 1. The molecule has 1 amide bonds. The molecule has 2 N–H and O–H groups in total. The Morgan fingerprint density at radius 2 is 2.07 bits per heavy atom. The minimum Gasteiger partial charge on any atom is -0.395 e. The van der Waals surface area contributed by atoms with E-state index in [9.17, 15) is 9.90 Å². The molecule has 146 valence electrons. The molecule has 0 bridgehead atoms. The maximum atomic E-state index is 11.8. The van der Waals surface area contributed by atoms with Gasteiger partial charge in [-0.15, -0.1) is 0 Å². The van der Waals surface area contributed by atoms with Crippen LogP contribution in [0.2, 0.25) is 0 Å². The molecule has 10 nitrogen and oxygen atoms in total. The third-order valence-electron chi connectivity index (χ3n) is 4.58. The van der Waals surface area contributed by atoms with Crippen molar-refractivity contribution in [3.63, 3.8) is 0 Å². The zero-order valence-corrected chi connectivity index (χ0v) is 15.5. The summed E-state index contributed by atoms with van der Waals surface area (Å²) < 4.78 is 7.22. The number of anilines is 1. The summed E-state index contributed by atoms with van der Waals surface area (Å²) in [6.07, 6.45) is 3.26. The van der Waals surface area contributed by atoms with Crippen LogP contribution in [0.15, 0.2) is 24.7 Å². The second kappa shape index (κ2) is 7.87. The Morgan fingerprint density at radius 3 is 2.75 bits per heavy atom. The van der Waals surface area contributed by atoms with E-state index in [4.69, 9.17) is 9.72 Å². The first kappa shape index (κ1) is 18.3. The van der Waals surface area contributed by atoms with Crippen LogP contribution in [0, 0.1) is 0 Å². The van der Waals surface area contributed by atoms with E-state index in [0.29, 0.717) is 61.3 Å². The molecule has 3 aromatic rings. The minimum atomic E-state index is -0.249. The number of fused-ring (bicyclic) bond motifs is 1. The molecule has 28 heavy (non-hydrogen) atoms. The third kappa shape index (κ3) is 3.39. The fraction of sp³-hybridized carbons (Fsp3) is 0.389. The third-order valence-corrected chi connectivity index (χ3v) is 4.58. The molecule has 0 aliphatic carbocycles. The summed E-state index contributed by atoms with van der Waals surface area (Å²) in [4.78, 5) is 31.9. The summed E-state index contributed by atoms with van der Waals surface area (Å²) in [7, 11) is 1.56. The van der Waals surface area contributed by atoms with Crippen LogP contribution in [-0.2, 0) is 11.3 Å². The number of carbonyl (C=O) groups is 1. The van der Waals surface area contributed by atoms with Crippen LogP contribution in [0.4, 0.5) is 5.95 Å². The van der Waals surface area contributed by atoms with Crippen LogP contribution in [-0.4, -0.2) is 75.5 Å². The summed E-state index contributed by atoms with van der Waals surface area (Å²) in [5, 5.41) is 11.9. The number of rotatable bonds is 5. The maximum absolute atomic E-state index is 11.8. The lowest BCUT2D eigenvalue weighted by atomic mass is 10.1. The van der Waals surface area contributed by atoms with Crippen LogP contribution in [0.25, 0.3) is 22.4 Å². The zero-order chi connectivity index (χ0) is 19.5. The van der Waals surface area contributed by atoms with Gasteiger partial charge in [0.25, 0.3) is 5.91 Å². The van der Waals surface area contributed by atoms with Gasteiger partial charge in [0.2, 0.25) is 5.95 Å². The largest absolute Gasteiger partial charge is 0.395 e. The van der Waals surface area contributed by atoms with E-state index in [-0.39, 0.29) is 12.5 Å². The molecule has 3 aromatic heterocycles. The van der Waals surface area contributed by atoms with Crippen LogP contribution in [0.3, 0.4) is 0 Å². The molecule has 1 aliphatic rings. The van der Waals surface area contributed by atoms with Crippen molar-refractivity contribution in [2.24, 2.45) is 0 Å². The number of nitrogens with one attached hydrogen (secondary N) is 1. The lowest BCUT2D eigenvalue weighted by molar-refractivity contribution is 0.0958. The number of hydrogen-bond acceptors (Lipinski definition) is 8. The Hall–Kier alpha value is -3.11. The minimum absolute atomic E-state index is 0.0138. The lowest BCUT2D eigenvalue weighted by Gasteiger charge is -2.27. The normalized spacial score (nSPS) is 14.4. The molecule has 0 radical (unpaired) electrons. The van der Waals surface area contributed by atoms with Gasteiger partial charge in [-0.3, -0.25) is 9.78 Å².